The molecular weight excluding hydrogens is 278 g/mol. The van der Waals surface area contributed by atoms with Crippen LogP contribution in [-0.2, 0) is 6.54 Å². The van der Waals surface area contributed by atoms with Gasteiger partial charge in [0.15, 0.2) is 5.76 Å². The number of furan rings is 1. The first-order valence-corrected chi connectivity index (χ1v) is 7.40. The first-order chi connectivity index (χ1) is 10.6. The number of nitrogens with zero attached hydrogens (tertiary/aromatic N) is 2. The van der Waals surface area contributed by atoms with Gasteiger partial charge in [-0.05, 0) is 26.3 Å². The molecule has 3 rings (SSSR count). The van der Waals surface area contributed by atoms with E-state index in [1.54, 1.807) is 0 Å². The smallest absolute Gasteiger partial charge is 0.287 e. The van der Waals surface area contributed by atoms with E-state index in [1.165, 1.54) is 5.56 Å². The fourth-order valence-corrected chi connectivity index (χ4v) is 2.68. The lowest BCUT2D eigenvalue weighted by Crippen LogP contribution is -2.22. The summed E-state index contributed by atoms with van der Waals surface area (Å²) in [6.07, 6.45) is 0. The fourth-order valence-electron chi connectivity index (χ4n) is 2.68. The maximum absolute atomic E-state index is 12.0. The first kappa shape index (κ1) is 14.4. The van der Waals surface area contributed by atoms with E-state index in [2.05, 4.69) is 22.5 Å². The normalized spacial score (nSPS) is 11.0. The number of aromatic nitrogens is 2. The van der Waals surface area contributed by atoms with Crippen molar-refractivity contribution in [2.45, 2.75) is 27.3 Å². The van der Waals surface area contributed by atoms with Crippen molar-refractivity contribution in [3.63, 3.8) is 0 Å². The number of benzene rings is 1. The van der Waals surface area contributed by atoms with Crippen LogP contribution in [0.5, 0.6) is 0 Å². The lowest BCUT2D eigenvalue weighted by Gasteiger charge is -2.05. The Kier molecular flexibility index (Phi) is 3.71. The van der Waals surface area contributed by atoms with E-state index in [0.717, 1.165) is 16.6 Å². The number of nitrogens with one attached hydrogen (secondary N) is 1. The lowest BCUT2D eigenvalue weighted by atomic mass is 10.1. The summed E-state index contributed by atoms with van der Waals surface area (Å²) in [5.74, 6) is 0.168. The van der Waals surface area contributed by atoms with Gasteiger partial charge in [-0.25, -0.2) is 0 Å². The number of amides is 1. The molecule has 5 heteroatoms. The number of rotatable bonds is 4. The average molecular weight is 297 g/mol. The van der Waals surface area contributed by atoms with Crippen LogP contribution in [0.1, 0.15) is 34.3 Å². The van der Waals surface area contributed by atoms with Crippen molar-refractivity contribution < 1.29 is 9.21 Å². The van der Waals surface area contributed by atoms with Crippen LogP contribution >= 0.6 is 0 Å². The molecule has 2 aromatic heterocycles. The Hall–Kier alpha value is -2.56. The number of hydrogen-bond donors (Lipinski definition) is 1. The Morgan fingerprint density at radius 2 is 2.00 bits per heavy atom. The van der Waals surface area contributed by atoms with Gasteiger partial charge in [0.05, 0.1) is 11.9 Å². The molecule has 3 aromatic rings. The second-order valence-corrected chi connectivity index (χ2v) is 5.32. The molecule has 0 radical (unpaired) electrons. The van der Waals surface area contributed by atoms with E-state index in [-0.39, 0.29) is 5.91 Å². The van der Waals surface area contributed by atoms with E-state index in [9.17, 15) is 4.79 Å². The second kappa shape index (κ2) is 5.67. The summed E-state index contributed by atoms with van der Waals surface area (Å²) < 4.78 is 7.58. The van der Waals surface area contributed by atoms with Gasteiger partial charge >= 0.3 is 0 Å². The van der Waals surface area contributed by atoms with Gasteiger partial charge in [0, 0.05) is 17.8 Å². The van der Waals surface area contributed by atoms with Crippen LogP contribution < -0.4 is 5.32 Å². The zero-order chi connectivity index (χ0) is 15.7. The maximum atomic E-state index is 12.0. The van der Waals surface area contributed by atoms with E-state index in [1.807, 2.05) is 43.7 Å². The minimum atomic E-state index is -0.188. The third-order valence-corrected chi connectivity index (χ3v) is 3.81. The first-order valence-electron chi connectivity index (χ1n) is 7.40. The van der Waals surface area contributed by atoms with Crippen LogP contribution in [0.25, 0.3) is 11.1 Å². The van der Waals surface area contributed by atoms with Crippen LogP contribution in [0.2, 0.25) is 0 Å². The van der Waals surface area contributed by atoms with E-state index in [0.29, 0.717) is 24.6 Å². The molecule has 2 heterocycles. The van der Waals surface area contributed by atoms with E-state index < -0.39 is 0 Å². The minimum Gasteiger partial charge on any atom is -0.431 e. The van der Waals surface area contributed by atoms with Crippen molar-refractivity contribution >= 4 is 17.0 Å². The van der Waals surface area contributed by atoms with Crippen molar-refractivity contribution in [1.82, 2.24) is 15.1 Å². The molecule has 0 aliphatic heterocycles. The molecule has 1 aromatic carbocycles. The average Bonchev–Trinajstić information content (AvgIpc) is 2.99. The van der Waals surface area contributed by atoms with Crippen molar-refractivity contribution in [1.29, 1.82) is 0 Å². The van der Waals surface area contributed by atoms with Crippen LogP contribution in [0, 0.1) is 13.8 Å². The second-order valence-electron chi connectivity index (χ2n) is 5.32. The third-order valence-electron chi connectivity index (χ3n) is 3.81. The maximum Gasteiger partial charge on any atom is 0.287 e. The van der Waals surface area contributed by atoms with Crippen LogP contribution in [0.15, 0.2) is 34.7 Å². The van der Waals surface area contributed by atoms with Crippen LogP contribution in [-0.4, -0.2) is 22.2 Å². The van der Waals surface area contributed by atoms with Crippen molar-refractivity contribution in [2.24, 2.45) is 0 Å². The van der Waals surface area contributed by atoms with Gasteiger partial charge < -0.3 is 9.73 Å². The highest BCUT2D eigenvalue weighted by Crippen LogP contribution is 2.28. The van der Waals surface area contributed by atoms with E-state index >= 15 is 0 Å². The molecule has 0 saturated heterocycles. The monoisotopic (exact) mass is 297 g/mol. The summed E-state index contributed by atoms with van der Waals surface area (Å²) >= 11 is 0. The van der Waals surface area contributed by atoms with Gasteiger partial charge in [0.1, 0.15) is 0 Å². The Morgan fingerprint density at radius 1 is 1.27 bits per heavy atom. The van der Waals surface area contributed by atoms with Crippen LogP contribution in [0.3, 0.4) is 0 Å². The zero-order valence-electron chi connectivity index (χ0n) is 13.0. The summed E-state index contributed by atoms with van der Waals surface area (Å²) in [5.41, 5.74) is 3.55. The Labute approximate surface area is 128 Å². The minimum absolute atomic E-state index is 0.188. The highest BCUT2D eigenvalue weighted by molar-refractivity contribution is 5.98. The van der Waals surface area contributed by atoms with Gasteiger partial charge in [-0.15, -0.1) is 5.10 Å². The largest absolute Gasteiger partial charge is 0.431 e. The highest BCUT2D eigenvalue weighted by atomic mass is 16.4. The SMILES string of the molecule is CCNC(=O)c1oc2nn(Cc3ccccc3)c(C)c2c1C. The standard InChI is InChI=1S/C17H19N3O2/c1-4-18-16(21)15-11(2)14-12(3)20(19-17(14)22-15)10-13-8-6-5-7-9-13/h5-9H,4,10H2,1-3H3,(H,18,21). The third kappa shape index (κ3) is 2.39. The number of carbonyl (C=O) groups is 1. The van der Waals surface area contributed by atoms with E-state index in [4.69, 9.17) is 4.42 Å². The van der Waals surface area contributed by atoms with Gasteiger partial charge in [-0.1, -0.05) is 30.3 Å². The molecule has 1 amide bonds. The summed E-state index contributed by atoms with van der Waals surface area (Å²) in [6.45, 7) is 7.05. The Balaban J connectivity index is 1.99. The van der Waals surface area contributed by atoms with Crippen molar-refractivity contribution in [3.05, 3.63) is 52.9 Å². The van der Waals surface area contributed by atoms with Gasteiger partial charge in [0.25, 0.3) is 5.91 Å². The quantitative estimate of drug-likeness (QED) is 0.805. The molecule has 114 valence electrons. The zero-order valence-corrected chi connectivity index (χ0v) is 13.0. The van der Waals surface area contributed by atoms with Crippen molar-refractivity contribution in [2.75, 3.05) is 6.54 Å². The molecule has 0 saturated carbocycles. The Bertz CT molecular complexity index is 815. The molecule has 0 atom stereocenters. The summed E-state index contributed by atoms with van der Waals surface area (Å²) in [6, 6.07) is 10.1. The molecule has 22 heavy (non-hydrogen) atoms. The number of hydrogen-bond acceptors (Lipinski definition) is 3. The predicted octanol–water partition coefficient (Wildman–Crippen LogP) is 3.04. The molecule has 0 bridgehead atoms. The van der Waals surface area contributed by atoms with Crippen LogP contribution in [0.4, 0.5) is 0 Å². The van der Waals surface area contributed by atoms with Crippen molar-refractivity contribution in [3.8, 4) is 0 Å². The predicted molar refractivity (Wildman–Crippen MR) is 85.0 cm³/mol. The van der Waals surface area contributed by atoms with Gasteiger partial charge in [-0.3, -0.25) is 9.48 Å². The molecule has 0 aliphatic carbocycles. The highest BCUT2D eigenvalue weighted by Gasteiger charge is 2.22. The van der Waals surface area contributed by atoms with Gasteiger partial charge in [-0.2, -0.15) is 0 Å². The lowest BCUT2D eigenvalue weighted by molar-refractivity contribution is 0.0929. The summed E-state index contributed by atoms with van der Waals surface area (Å²) in [5, 5.41) is 8.19. The number of carbonyl (C=O) groups excluding carboxylic acids is 1. The molecule has 0 fully saturated rings. The Morgan fingerprint density at radius 3 is 2.64 bits per heavy atom. The molecule has 5 nitrogen and oxygen atoms in total. The fraction of sp³-hybridized carbons (Fsp3) is 0.294. The molecule has 0 unspecified atom stereocenters. The molecule has 0 aliphatic rings. The molecule has 0 spiro atoms. The summed E-state index contributed by atoms with van der Waals surface area (Å²) in [4.78, 5) is 12.0. The van der Waals surface area contributed by atoms with Gasteiger partial charge in [0.2, 0.25) is 5.71 Å². The number of fused-ring (bicyclic) bond motifs is 1. The molecular formula is C17H19N3O2. The number of aryl methyl sites for hydroxylation is 2. The molecule has 1 N–H and O–H groups in total. The summed E-state index contributed by atoms with van der Waals surface area (Å²) in [7, 11) is 0. The topological polar surface area (TPSA) is 60.1 Å².